The zero-order chi connectivity index (χ0) is 12.3. The van der Waals surface area contributed by atoms with Crippen molar-refractivity contribution in [1.82, 2.24) is 10.6 Å². The number of nitrogens with two attached hydrogens (primary N) is 2. The fourth-order valence-corrected chi connectivity index (χ4v) is 1.59. The Bertz CT molecular complexity index is 156. The minimum Gasteiger partial charge on any atom is -0.330 e. The second-order valence-corrected chi connectivity index (χ2v) is 5.46. The fraction of sp³-hybridized carbons (Fsp3) is 1.00. The lowest BCUT2D eigenvalue weighted by molar-refractivity contribution is 0.549. The van der Waals surface area contributed by atoms with Gasteiger partial charge in [0.15, 0.2) is 0 Å². The molecule has 0 unspecified atom stereocenters. The third-order valence-electron chi connectivity index (χ3n) is 2.17. The lowest BCUT2D eigenvalue weighted by Gasteiger charge is -2.20. The average Bonchev–Trinajstić information content (AvgIpc) is 2.24. The van der Waals surface area contributed by atoms with Crippen LogP contribution in [0.5, 0.6) is 0 Å². The molecule has 0 aliphatic heterocycles. The van der Waals surface area contributed by atoms with Gasteiger partial charge >= 0.3 is 0 Å². The maximum atomic E-state index is 6.13. The zero-order valence-electron chi connectivity index (χ0n) is 9.77. The Labute approximate surface area is 108 Å². The molecule has 0 aromatic heterocycles. The predicted molar refractivity (Wildman–Crippen MR) is 72.1 cm³/mol. The van der Waals surface area contributed by atoms with Gasteiger partial charge in [-0.1, -0.05) is 0 Å². The normalized spacial score (nSPS) is 12.0. The highest BCUT2D eigenvalue weighted by atomic mass is 35.5. The van der Waals surface area contributed by atoms with Crippen molar-refractivity contribution in [3.8, 4) is 0 Å². The molecule has 0 fully saturated rings. The van der Waals surface area contributed by atoms with Crippen molar-refractivity contribution in [2.45, 2.75) is 23.6 Å². The molecule has 0 aliphatic rings. The quantitative estimate of drug-likeness (QED) is 0.325. The second kappa shape index (κ2) is 10.6. The molecule has 0 rings (SSSR count). The van der Waals surface area contributed by atoms with E-state index in [1.54, 1.807) is 0 Å². The SMILES string of the molecule is NCCCNCCC(Cl)(Cl)CNCCCN. The largest absolute Gasteiger partial charge is 0.330 e. The van der Waals surface area contributed by atoms with Gasteiger partial charge in [0, 0.05) is 6.54 Å². The van der Waals surface area contributed by atoms with Crippen molar-refractivity contribution in [1.29, 1.82) is 0 Å². The van der Waals surface area contributed by atoms with Crippen LogP contribution in [0.3, 0.4) is 0 Å². The van der Waals surface area contributed by atoms with Gasteiger partial charge < -0.3 is 22.1 Å². The zero-order valence-corrected chi connectivity index (χ0v) is 11.3. The molecule has 0 aliphatic carbocycles. The van der Waals surface area contributed by atoms with Gasteiger partial charge in [-0.25, -0.2) is 0 Å². The minimum atomic E-state index is -0.704. The Morgan fingerprint density at radius 2 is 1.44 bits per heavy atom. The van der Waals surface area contributed by atoms with E-state index >= 15 is 0 Å². The van der Waals surface area contributed by atoms with Gasteiger partial charge in [0.2, 0.25) is 0 Å². The third kappa shape index (κ3) is 10.9. The Balaban J connectivity index is 3.38. The second-order valence-electron chi connectivity index (χ2n) is 3.82. The molecule has 0 bridgehead atoms. The van der Waals surface area contributed by atoms with Gasteiger partial charge in [0.1, 0.15) is 4.33 Å². The van der Waals surface area contributed by atoms with Crippen LogP contribution < -0.4 is 22.1 Å². The Morgan fingerprint density at radius 1 is 0.875 bits per heavy atom. The first-order valence-corrected chi connectivity index (χ1v) is 6.57. The summed E-state index contributed by atoms with van der Waals surface area (Å²) < 4.78 is -0.704. The summed E-state index contributed by atoms with van der Waals surface area (Å²) in [6.45, 7) is 4.57. The van der Waals surface area contributed by atoms with Crippen LogP contribution in [0, 0.1) is 0 Å². The molecule has 0 amide bonds. The van der Waals surface area contributed by atoms with Crippen molar-refractivity contribution in [2.75, 3.05) is 39.3 Å². The van der Waals surface area contributed by atoms with E-state index in [0.29, 0.717) is 19.6 Å². The van der Waals surface area contributed by atoms with Crippen molar-refractivity contribution < 1.29 is 0 Å². The summed E-state index contributed by atoms with van der Waals surface area (Å²) in [5.41, 5.74) is 10.8. The highest BCUT2D eigenvalue weighted by molar-refractivity contribution is 6.48. The van der Waals surface area contributed by atoms with E-state index in [2.05, 4.69) is 10.6 Å². The molecule has 0 aromatic rings. The summed E-state index contributed by atoms with van der Waals surface area (Å²) in [6, 6.07) is 0. The van der Waals surface area contributed by atoms with Crippen LogP contribution in [0.25, 0.3) is 0 Å². The minimum absolute atomic E-state index is 0.592. The van der Waals surface area contributed by atoms with Crippen LogP contribution in [-0.2, 0) is 0 Å². The summed E-state index contributed by atoms with van der Waals surface area (Å²) >= 11 is 12.3. The first-order chi connectivity index (χ1) is 7.62. The van der Waals surface area contributed by atoms with E-state index in [-0.39, 0.29) is 0 Å². The van der Waals surface area contributed by atoms with Crippen LogP contribution >= 0.6 is 23.2 Å². The van der Waals surface area contributed by atoms with Crippen LogP contribution in [0.2, 0.25) is 0 Å². The number of hydrogen-bond donors (Lipinski definition) is 4. The smallest absolute Gasteiger partial charge is 0.131 e. The molecule has 0 atom stereocenters. The Morgan fingerprint density at radius 3 is 2.00 bits per heavy atom. The summed E-state index contributed by atoms with van der Waals surface area (Å²) in [5.74, 6) is 0. The molecule has 0 aromatic carbocycles. The Kier molecular flexibility index (Phi) is 10.8. The standard InChI is InChI=1S/C10H24Cl2N4/c11-10(12,9-16-7-2-5-14)3-8-15-6-1-4-13/h15-16H,1-9,13-14H2. The van der Waals surface area contributed by atoms with Gasteiger partial charge in [0.25, 0.3) is 0 Å². The third-order valence-corrected chi connectivity index (χ3v) is 2.81. The van der Waals surface area contributed by atoms with E-state index in [0.717, 1.165) is 38.9 Å². The van der Waals surface area contributed by atoms with Gasteiger partial charge in [-0.2, -0.15) is 0 Å². The van der Waals surface area contributed by atoms with Crippen LogP contribution in [0.4, 0.5) is 0 Å². The molecule has 0 radical (unpaired) electrons. The van der Waals surface area contributed by atoms with Crippen LogP contribution in [0.15, 0.2) is 0 Å². The molecule has 6 heteroatoms. The monoisotopic (exact) mass is 270 g/mol. The molecule has 16 heavy (non-hydrogen) atoms. The predicted octanol–water partition coefficient (Wildman–Crippen LogP) is 0.427. The number of halogens is 2. The average molecular weight is 271 g/mol. The van der Waals surface area contributed by atoms with Crippen molar-refractivity contribution in [3.05, 3.63) is 0 Å². The van der Waals surface area contributed by atoms with E-state index < -0.39 is 4.33 Å². The number of nitrogens with one attached hydrogen (secondary N) is 2. The Hall–Kier alpha value is 0.420. The van der Waals surface area contributed by atoms with E-state index in [1.807, 2.05) is 0 Å². The van der Waals surface area contributed by atoms with E-state index in [1.165, 1.54) is 0 Å². The molecule has 98 valence electrons. The van der Waals surface area contributed by atoms with Crippen molar-refractivity contribution in [3.63, 3.8) is 0 Å². The first kappa shape index (κ1) is 16.4. The van der Waals surface area contributed by atoms with Gasteiger partial charge in [0.05, 0.1) is 0 Å². The molecule has 0 spiro atoms. The van der Waals surface area contributed by atoms with Crippen LogP contribution in [0.1, 0.15) is 19.3 Å². The lowest BCUT2D eigenvalue weighted by atomic mass is 10.2. The van der Waals surface area contributed by atoms with Crippen LogP contribution in [-0.4, -0.2) is 43.6 Å². The maximum absolute atomic E-state index is 6.13. The topological polar surface area (TPSA) is 76.1 Å². The lowest BCUT2D eigenvalue weighted by Crippen LogP contribution is -2.35. The van der Waals surface area contributed by atoms with Gasteiger partial charge in [-0.3, -0.25) is 0 Å². The number of hydrogen-bond acceptors (Lipinski definition) is 4. The van der Waals surface area contributed by atoms with Gasteiger partial charge in [-0.15, -0.1) is 23.2 Å². The summed E-state index contributed by atoms with van der Waals surface area (Å²) in [7, 11) is 0. The molecule has 4 nitrogen and oxygen atoms in total. The summed E-state index contributed by atoms with van der Waals surface area (Å²) in [5, 5.41) is 6.43. The van der Waals surface area contributed by atoms with Gasteiger partial charge in [-0.05, 0) is 52.0 Å². The molecular formula is C10H24Cl2N4. The summed E-state index contributed by atoms with van der Waals surface area (Å²) in [6.07, 6.45) is 2.64. The number of alkyl halides is 2. The number of rotatable bonds is 11. The maximum Gasteiger partial charge on any atom is 0.131 e. The van der Waals surface area contributed by atoms with Crippen molar-refractivity contribution >= 4 is 23.2 Å². The molecule has 0 saturated heterocycles. The highest BCUT2D eigenvalue weighted by Gasteiger charge is 2.22. The molecule has 6 N–H and O–H groups in total. The van der Waals surface area contributed by atoms with E-state index in [4.69, 9.17) is 34.7 Å². The molecule has 0 heterocycles. The molecule has 0 saturated carbocycles. The highest BCUT2D eigenvalue weighted by Crippen LogP contribution is 2.23. The summed E-state index contributed by atoms with van der Waals surface area (Å²) in [4.78, 5) is 0. The first-order valence-electron chi connectivity index (χ1n) is 5.82. The molecular weight excluding hydrogens is 247 g/mol. The fourth-order valence-electron chi connectivity index (χ4n) is 1.21. The van der Waals surface area contributed by atoms with Crippen molar-refractivity contribution in [2.24, 2.45) is 11.5 Å². The van der Waals surface area contributed by atoms with E-state index in [9.17, 15) is 0 Å².